The second-order valence-corrected chi connectivity index (χ2v) is 4.72. The minimum Gasteiger partial charge on any atom is -0.406 e. The molecule has 2 aliphatic rings. The van der Waals surface area contributed by atoms with Gasteiger partial charge in [-0.15, -0.1) is 5.10 Å². The lowest BCUT2D eigenvalue weighted by atomic mass is 10.1. The molecule has 1 aliphatic heterocycles. The third kappa shape index (κ3) is 2.28. The number of carbonyl (C=O) groups excluding carboxylic acids is 1. The Morgan fingerprint density at radius 2 is 2.22 bits per heavy atom. The van der Waals surface area contributed by atoms with Crippen molar-refractivity contribution in [2.45, 2.75) is 31.7 Å². The molecule has 1 amide bonds. The Kier molecular flexibility index (Phi) is 3.10. The summed E-state index contributed by atoms with van der Waals surface area (Å²) in [7, 11) is 0. The maximum absolute atomic E-state index is 11.9. The van der Waals surface area contributed by atoms with E-state index in [2.05, 4.69) is 20.8 Å². The molecule has 0 saturated carbocycles. The van der Waals surface area contributed by atoms with E-state index in [-0.39, 0.29) is 23.9 Å². The highest BCUT2D eigenvalue weighted by Gasteiger charge is 2.24. The Hall–Kier alpha value is -1.69. The summed E-state index contributed by atoms with van der Waals surface area (Å²) in [6.45, 7) is 0.975. The first kappa shape index (κ1) is 11.4. The number of rotatable bonds is 3. The number of carbonyl (C=O) groups is 1. The molecule has 1 aromatic rings. The maximum atomic E-state index is 11.9. The summed E-state index contributed by atoms with van der Waals surface area (Å²) in [4.78, 5) is 11.9. The van der Waals surface area contributed by atoms with Crippen LogP contribution >= 0.6 is 0 Å². The van der Waals surface area contributed by atoms with Crippen LogP contribution in [0.2, 0.25) is 0 Å². The lowest BCUT2D eigenvalue weighted by Crippen LogP contribution is -2.20. The molecule has 1 aromatic heterocycles. The highest BCUT2D eigenvalue weighted by atomic mass is 16.4. The zero-order valence-electron chi connectivity index (χ0n) is 10.1. The van der Waals surface area contributed by atoms with Crippen LogP contribution in [-0.4, -0.2) is 22.6 Å². The molecule has 1 aliphatic carbocycles. The first-order valence-electron chi connectivity index (χ1n) is 6.35. The van der Waals surface area contributed by atoms with Crippen LogP contribution < -0.4 is 10.6 Å². The van der Waals surface area contributed by atoms with Crippen molar-refractivity contribution in [3.8, 4) is 0 Å². The summed E-state index contributed by atoms with van der Waals surface area (Å²) in [5.74, 6) is 0.520. The molecular formula is C12H16N4O2. The topological polar surface area (TPSA) is 80.0 Å². The van der Waals surface area contributed by atoms with Crippen LogP contribution in [0.4, 0.5) is 6.01 Å². The van der Waals surface area contributed by atoms with Crippen molar-refractivity contribution in [3.05, 3.63) is 18.0 Å². The van der Waals surface area contributed by atoms with Crippen molar-refractivity contribution in [1.82, 2.24) is 15.5 Å². The number of nitrogens with one attached hydrogen (secondary N) is 2. The maximum Gasteiger partial charge on any atom is 0.322 e. The summed E-state index contributed by atoms with van der Waals surface area (Å²) in [5, 5.41) is 13.8. The van der Waals surface area contributed by atoms with E-state index >= 15 is 0 Å². The van der Waals surface area contributed by atoms with Gasteiger partial charge in [0, 0.05) is 5.92 Å². The number of allylic oxidation sites excluding steroid dienone is 2. The molecule has 1 atom stereocenters. The smallest absolute Gasteiger partial charge is 0.322 e. The Morgan fingerprint density at radius 3 is 2.94 bits per heavy atom. The van der Waals surface area contributed by atoms with Gasteiger partial charge in [-0.25, -0.2) is 0 Å². The lowest BCUT2D eigenvalue weighted by molar-refractivity contribution is -0.119. The first-order chi connectivity index (χ1) is 8.83. The molecular weight excluding hydrogens is 232 g/mol. The van der Waals surface area contributed by atoms with Gasteiger partial charge in [0.25, 0.3) is 0 Å². The zero-order valence-corrected chi connectivity index (χ0v) is 10.1. The van der Waals surface area contributed by atoms with Gasteiger partial charge in [-0.1, -0.05) is 17.3 Å². The first-order valence-corrected chi connectivity index (χ1v) is 6.35. The summed E-state index contributed by atoms with van der Waals surface area (Å²) >= 11 is 0. The van der Waals surface area contributed by atoms with Crippen molar-refractivity contribution in [2.75, 3.05) is 11.9 Å². The lowest BCUT2D eigenvalue weighted by Gasteiger charge is -2.06. The van der Waals surface area contributed by atoms with E-state index in [0.717, 1.165) is 32.2 Å². The van der Waals surface area contributed by atoms with Crippen molar-refractivity contribution in [1.29, 1.82) is 0 Å². The zero-order chi connectivity index (χ0) is 12.4. The van der Waals surface area contributed by atoms with Crippen LogP contribution in [0, 0.1) is 5.92 Å². The average molecular weight is 248 g/mol. The van der Waals surface area contributed by atoms with E-state index in [1.165, 1.54) is 0 Å². The Morgan fingerprint density at radius 1 is 1.39 bits per heavy atom. The number of hydrogen-bond acceptors (Lipinski definition) is 5. The van der Waals surface area contributed by atoms with E-state index in [1.54, 1.807) is 0 Å². The Balaban J connectivity index is 1.60. The van der Waals surface area contributed by atoms with E-state index in [4.69, 9.17) is 4.42 Å². The summed E-state index contributed by atoms with van der Waals surface area (Å²) in [6, 6.07) is 0.340. The summed E-state index contributed by atoms with van der Waals surface area (Å²) in [5.41, 5.74) is 0. The molecule has 1 fully saturated rings. The van der Waals surface area contributed by atoms with E-state index in [0.29, 0.717) is 5.89 Å². The van der Waals surface area contributed by atoms with Gasteiger partial charge in [-0.2, -0.15) is 0 Å². The summed E-state index contributed by atoms with van der Waals surface area (Å²) in [6.07, 6.45) is 7.73. The molecule has 0 aromatic carbocycles. The van der Waals surface area contributed by atoms with Gasteiger partial charge in [-0.05, 0) is 32.2 Å². The number of aromatic nitrogens is 2. The van der Waals surface area contributed by atoms with Gasteiger partial charge in [0.05, 0.1) is 6.04 Å². The molecule has 3 rings (SSSR count). The van der Waals surface area contributed by atoms with E-state index in [9.17, 15) is 4.79 Å². The quantitative estimate of drug-likeness (QED) is 0.790. The van der Waals surface area contributed by atoms with Gasteiger partial charge in [0.2, 0.25) is 11.8 Å². The second kappa shape index (κ2) is 4.89. The minimum absolute atomic E-state index is 0.00459. The van der Waals surface area contributed by atoms with Gasteiger partial charge >= 0.3 is 6.01 Å². The average Bonchev–Trinajstić information content (AvgIpc) is 3.12. The van der Waals surface area contributed by atoms with E-state index in [1.807, 2.05) is 12.2 Å². The Bertz CT molecular complexity index is 454. The fourth-order valence-electron chi connectivity index (χ4n) is 2.36. The third-order valence-corrected chi connectivity index (χ3v) is 3.41. The molecule has 96 valence electrons. The van der Waals surface area contributed by atoms with Crippen LogP contribution in [0.15, 0.2) is 16.6 Å². The number of amides is 1. The van der Waals surface area contributed by atoms with Gasteiger partial charge in [-0.3, -0.25) is 10.1 Å². The normalized spacial score (nSPS) is 23.7. The fourth-order valence-corrected chi connectivity index (χ4v) is 2.36. The van der Waals surface area contributed by atoms with Crippen LogP contribution in [-0.2, 0) is 4.79 Å². The molecule has 0 bridgehead atoms. The molecule has 6 heteroatoms. The van der Waals surface area contributed by atoms with Crippen LogP contribution in [0.3, 0.4) is 0 Å². The molecule has 0 radical (unpaired) electrons. The van der Waals surface area contributed by atoms with Crippen LogP contribution in [0.25, 0.3) is 0 Å². The van der Waals surface area contributed by atoms with Gasteiger partial charge < -0.3 is 9.73 Å². The molecule has 1 unspecified atom stereocenters. The molecule has 18 heavy (non-hydrogen) atoms. The van der Waals surface area contributed by atoms with Crippen LogP contribution in [0.1, 0.15) is 37.6 Å². The highest BCUT2D eigenvalue weighted by molar-refractivity contribution is 5.91. The summed E-state index contributed by atoms with van der Waals surface area (Å²) < 4.78 is 5.46. The molecule has 2 heterocycles. The van der Waals surface area contributed by atoms with Gasteiger partial charge in [0.15, 0.2) is 0 Å². The van der Waals surface area contributed by atoms with E-state index < -0.39 is 0 Å². The SMILES string of the molecule is O=C(Nc1nnc(C2CCCN2)o1)C1CC=CC1. The molecule has 2 N–H and O–H groups in total. The van der Waals surface area contributed by atoms with Gasteiger partial charge in [0.1, 0.15) is 0 Å². The molecule has 0 spiro atoms. The fraction of sp³-hybridized carbons (Fsp3) is 0.583. The standard InChI is InChI=1S/C12H16N4O2/c17-10(8-4-1-2-5-8)14-12-16-15-11(18-12)9-6-3-7-13-9/h1-2,8-9,13H,3-7H2,(H,14,16,17). The molecule has 6 nitrogen and oxygen atoms in total. The van der Waals surface area contributed by atoms with Crippen molar-refractivity contribution < 1.29 is 9.21 Å². The largest absolute Gasteiger partial charge is 0.406 e. The van der Waals surface area contributed by atoms with Crippen molar-refractivity contribution >= 4 is 11.9 Å². The highest BCUT2D eigenvalue weighted by Crippen LogP contribution is 2.24. The predicted octanol–water partition coefficient (Wildman–Crippen LogP) is 1.40. The minimum atomic E-state index is -0.0467. The number of anilines is 1. The molecule has 1 saturated heterocycles. The second-order valence-electron chi connectivity index (χ2n) is 4.72. The number of hydrogen-bond donors (Lipinski definition) is 2. The Labute approximate surface area is 105 Å². The van der Waals surface area contributed by atoms with Crippen molar-refractivity contribution in [2.24, 2.45) is 5.92 Å². The van der Waals surface area contributed by atoms with Crippen LogP contribution in [0.5, 0.6) is 0 Å². The number of nitrogens with zero attached hydrogens (tertiary/aromatic N) is 2. The van der Waals surface area contributed by atoms with Crippen molar-refractivity contribution in [3.63, 3.8) is 0 Å². The third-order valence-electron chi connectivity index (χ3n) is 3.41. The predicted molar refractivity (Wildman–Crippen MR) is 64.8 cm³/mol. The monoisotopic (exact) mass is 248 g/mol.